The highest BCUT2D eigenvalue weighted by atomic mass is 16.4. The summed E-state index contributed by atoms with van der Waals surface area (Å²) in [6, 6.07) is 10.8. The number of hydrogen-bond donors (Lipinski definition) is 2. The molecule has 1 aliphatic heterocycles. The largest absolute Gasteiger partial charge is 0.478 e. The molecule has 6 heteroatoms. The van der Waals surface area contributed by atoms with Gasteiger partial charge < -0.3 is 10.4 Å². The van der Waals surface area contributed by atoms with E-state index in [0.717, 1.165) is 32.1 Å². The minimum atomic E-state index is -0.997. The molecule has 0 aliphatic carbocycles. The van der Waals surface area contributed by atoms with Gasteiger partial charge in [-0.1, -0.05) is 30.3 Å². The predicted molar refractivity (Wildman–Crippen MR) is 92.4 cm³/mol. The minimum Gasteiger partial charge on any atom is -0.478 e. The van der Waals surface area contributed by atoms with Gasteiger partial charge in [0.05, 0.1) is 18.1 Å². The lowest BCUT2D eigenvalue weighted by molar-refractivity contribution is -0.131. The van der Waals surface area contributed by atoms with Gasteiger partial charge in [0.1, 0.15) is 5.82 Å². The maximum Gasteiger partial charge on any atom is 0.328 e. The van der Waals surface area contributed by atoms with Gasteiger partial charge in [0.25, 0.3) is 0 Å². The predicted octanol–water partition coefficient (Wildman–Crippen LogP) is 2.26. The van der Waals surface area contributed by atoms with Crippen LogP contribution in [0.5, 0.6) is 0 Å². The van der Waals surface area contributed by atoms with Crippen LogP contribution in [0.15, 0.2) is 48.8 Å². The highest BCUT2D eigenvalue weighted by Crippen LogP contribution is 2.16. The molecule has 2 heterocycles. The molecule has 1 fully saturated rings. The molecular formula is C18H20N4O2. The van der Waals surface area contributed by atoms with Crippen molar-refractivity contribution in [2.75, 3.05) is 18.4 Å². The zero-order valence-electron chi connectivity index (χ0n) is 13.3. The average molecular weight is 324 g/mol. The van der Waals surface area contributed by atoms with Crippen molar-refractivity contribution in [1.82, 2.24) is 14.9 Å². The number of likely N-dealkylation sites (tertiary alicyclic amines) is 1. The van der Waals surface area contributed by atoms with E-state index in [9.17, 15) is 4.79 Å². The van der Waals surface area contributed by atoms with Crippen LogP contribution in [0.25, 0.3) is 6.08 Å². The molecule has 1 aromatic carbocycles. The fourth-order valence-corrected chi connectivity index (χ4v) is 2.80. The molecule has 124 valence electrons. The summed E-state index contributed by atoms with van der Waals surface area (Å²) in [6.07, 6.45) is 6.75. The highest BCUT2D eigenvalue weighted by Gasteiger charge is 2.22. The lowest BCUT2D eigenvalue weighted by Gasteiger charge is -2.17. The molecule has 0 radical (unpaired) electrons. The van der Waals surface area contributed by atoms with Crippen LogP contribution in [0, 0.1) is 0 Å². The normalized spacial score (nSPS) is 18.1. The Bertz CT molecular complexity index is 701. The molecule has 6 nitrogen and oxygen atoms in total. The summed E-state index contributed by atoms with van der Waals surface area (Å²) in [4.78, 5) is 21.4. The molecule has 2 N–H and O–H groups in total. The number of aromatic nitrogens is 2. The van der Waals surface area contributed by atoms with Crippen LogP contribution in [0.3, 0.4) is 0 Å². The smallest absolute Gasteiger partial charge is 0.328 e. The van der Waals surface area contributed by atoms with Crippen LogP contribution in [0.4, 0.5) is 5.82 Å². The van der Waals surface area contributed by atoms with Gasteiger partial charge in [-0.25, -0.2) is 9.78 Å². The van der Waals surface area contributed by atoms with Crippen LogP contribution in [0.2, 0.25) is 0 Å². The molecule has 24 heavy (non-hydrogen) atoms. The molecule has 1 aromatic heterocycles. The average Bonchev–Trinajstić information content (AvgIpc) is 3.02. The van der Waals surface area contributed by atoms with Crippen LogP contribution in [-0.2, 0) is 11.3 Å². The summed E-state index contributed by atoms with van der Waals surface area (Å²) in [5.74, 6) is -0.280. The maximum absolute atomic E-state index is 10.5. The highest BCUT2D eigenvalue weighted by molar-refractivity contribution is 5.84. The van der Waals surface area contributed by atoms with E-state index in [0.29, 0.717) is 17.6 Å². The molecule has 0 amide bonds. The van der Waals surface area contributed by atoms with E-state index in [-0.39, 0.29) is 0 Å². The van der Waals surface area contributed by atoms with Crippen molar-refractivity contribution in [1.29, 1.82) is 0 Å². The Morgan fingerprint density at radius 3 is 2.83 bits per heavy atom. The molecule has 1 atom stereocenters. The number of nitrogens with one attached hydrogen (secondary N) is 1. The summed E-state index contributed by atoms with van der Waals surface area (Å²) < 4.78 is 0. The Morgan fingerprint density at radius 2 is 2.12 bits per heavy atom. The quantitative estimate of drug-likeness (QED) is 0.794. The third-order valence-electron chi connectivity index (χ3n) is 3.94. The second-order valence-corrected chi connectivity index (χ2v) is 5.85. The molecular weight excluding hydrogens is 304 g/mol. The monoisotopic (exact) mass is 324 g/mol. The molecule has 1 saturated heterocycles. The van der Waals surface area contributed by atoms with Gasteiger partial charge in [-0.2, -0.15) is 0 Å². The Hall–Kier alpha value is -2.73. The molecule has 0 spiro atoms. The second-order valence-electron chi connectivity index (χ2n) is 5.85. The van der Waals surface area contributed by atoms with Crippen LogP contribution >= 0.6 is 0 Å². The van der Waals surface area contributed by atoms with E-state index in [1.807, 2.05) is 6.07 Å². The van der Waals surface area contributed by atoms with Crippen molar-refractivity contribution in [3.8, 4) is 0 Å². The van der Waals surface area contributed by atoms with Gasteiger partial charge in [-0.3, -0.25) is 9.88 Å². The topological polar surface area (TPSA) is 78.3 Å². The maximum atomic E-state index is 10.5. The fourth-order valence-electron chi connectivity index (χ4n) is 2.80. The minimum absolute atomic E-state index is 0.350. The standard InChI is InChI=1S/C18H20N4O2/c23-18(24)7-6-15-10-20-17(11-19-15)21-16-8-9-22(13-16)12-14-4-2-1-3-5-14/h1-7,10-11,16H,8-9,12-13H2,(H,20,21)(H,23,24)/t16-/m1/s1. The molecule has 0 unspecified atom stereocenters. The second kappa shape index (κ2) is 7.70. The van der Waals surface area contributed by atoms with E-state index in [1.54, 1.807) is 12.4 Å². The van der Waals surface area contributed by atoms with Crippen molar-refractivity contribution >= 4 is 17.9 Å². The lowest BCUT2D eigenvalue weighted by Crippen LogP contribution is -2.26. The van der Waals surface area contributed by atoms with E-state index in [1.165, 1.54) is 11.6 Å². The number of hydrogen-bond acceptors (Lipinski definition) is 5. The summed E-state index contributed by atoms with van der Waals surface area (Å²) in [7, 11) is 0. The summed E-state index contributed by atoms with van der Waals surface area (Å²) in [6.45, 7) is 2.99. The third-order valence-corrected chi connectivity index (χ3v) is 3.94. The Balaban J connectivity index is 1.51. The van der Waals surface area contributed by atoms with Crippen molar-refractivity contribution in [3.63, 3.8) is 0 Å². The van der Waals surface area contributed by atoms with Gasteiger partial charge in [0.2, 0.25) is 0 Å². The van der Waals surface area contributed by atoms with Crippen molar-refractivity contribution in [3.05, 3.63) is 60.1 Å². The van der Waals surface area contributed by atoms with E-state index >= 15 is 0 Å². The van der Waals surface area contributed by atoms with Crippen molar-refractivity contribution < 1.29 is 9.90 Å². The van der Waals surface area contributed by atoms with Crippen LogP contribution in [0.1, 0.15) is 17.7 Å². The number of aliphatic carboxylic acids is 1. The summed E-state index contributed by atoms with van der Waals surface area (Å²) in [5.41, 5.74) is 1.85. The number of carboxylic acid groups (broad SMARTS) is 1. The van der Waals surface area contributed by atoms with E-state index in [4.69, 9.17) is 5.11 Å². The first kappa shape index (κ1) is 16.1. The van der Waals surface area contributed by atoms with Crippen molar-refractivity contribution in [2.45, 2.75) is 19.0 Å². The molecule has 2 aromatic rings. The van der Waals surface area contributed by atoms with Gasteiger partial charge in [-0.05, 0) is 18.1 Å². The van der Waals surface area contributed by atoms with E-state index < -0.39 is 5.97 Å². The molecule has 0 saturated carbocycles. The first-order chi connectivity index (χ1) is 11.7. The SMILES string of the molecule is O=C(O)C=Cc1cnc(N[C@@H]2CCN(Cc3ccccc3)C2)cn1. The number of rotatable bonds is 6. The lowest BCUT2D eigenvalue weighted by atomic mass is 10.2. The van der Waals surface area contributed by atoms with Crippen LogP contribution < -0.4 is 5.32 Å². The Labute approximate surface area is 140 Å². The molecule has 0 bridgehead atoms. The van der Waals surface area contributed by atoms with Gasteiger partial charge in [0.15, 0.2) is 0 Å². The Kier molecular flexibility index (Phi) is 5.18. The number of anilines is 1. The number of benzene rings is 1. The number of carboxylic acids is 1. The first-order valence-corrected chi connectivity index (χ1v) is 7.95. The molecule has 3 rings (SSSR count). The van der Waals surface area contributed by atoms with Crippen molar-refractivity contribution in [2.24, 2.45) is 0 Å². The summed E-state index contributed by atoms with van der Waals surface area (Å²) >= 11 is 0. The summed E-state index contributed by atoms with van der Waals surface area (Å²) in [5, 5.41) is 12.0. The first-order valence-electron chi connectivity index (χ1n) is 7.95. The van der Waals surface area contributed by atoms with Crippen LogP contribution in [-0.4, -0.2) is 45.1 Å². The number of nitrogens with zero attached hydrogens (tertiary/aromatic N) is 3. The fraction of sp³-hybridized carbons (Fsp3) is 0.278. The van der Waals surface area contributed by atoms with Gasteiger partial charge >= 0.3 is 5.97 Å². The van der Waals surface area contributed by atoms with Gasteiger partial charge in [-0.15, -0.1) is 0 Å². The third kappa shape index (κ3) is 4.63. The van der Waals surface area contributed by atoms with E-state index in [2.05, 4.69) is 44.5 Å². The Morgan fingerprint density at radius 1 is 1.29 bits per heavy atom. The zero-order valence-corrected chi connectivity index (χ0v) is 13.3. The zero-order chi connectivity index (χ0) is 16.8. The number of carbonyl (C=O) groups is 1. The van der Waals surface area contributed by atoms with Gasteiger partial charge in [0, 0.05) is 31.8 Å². The molecule has 1 aliphatic rings.